The summed E-state index contributed by atoms with van der Waals surface area (Å²) in [5, 5.41) is 17.0. The number of morpholine rings is 1. The maximum atomic E-state index is 12.2. The fourth-order valence-electron chi connectivity index (χ4n) is 3.61. The number of carbonyl (C=O) groups is 1. The first-order valence-corrected chi connectivity index (χ1v) is 11.4. The van der Waals surface area contributed by atoms with Gasteiger partial charge in [0.25, 0.3) is 5.69 Å². The quantitative estimate of drug-likeness (QED) is 0.218. The van der Waals surface area contributed by atoms with E-state index in [-0.39, 0.29) is 10.8 Å². The highest BCUT2D eigenvalue weighted by Crippen LogP contribution is 2.31. The van der Waals surface area contributed by atoms with E-state index in [2.05, 4.69) is 15.5 Å². The third kappa shape index (κ3) is 6.82. The second-order valence-electron chi connectivity index (χ2n) is 7.84. The Kier molecular flexibility index (Phi) is 7.99. The number of hydrogen-bond donors (Lipinski definition) is 2. The van der Waals surface area contributed by atoms with Crippen molar-refractivity contribution in [3.63, 3.8) is 0 Å². The van der Waals surface area contributed by atoms with Crippen molar-refractivity contribution in [2.24, 2.45) is 0 Å². The van der Waals surface area contributed by atoms with Crippen molar-refractivity contribution in [2.45, 2.75) is 6.54 Å². The van der Waals surface area contributed by atoms with Crippen LogP contribution in [0.1, 0.15) is 11.3 Å². The van der Waals surface area contributed by atoms with E-state index in [9.17, 15) is 14.9 Å². The van der Waals surface area contributed by atoms with Crippen LogP contribution in [0.15, 0.2) is 71.2 Å². The van der Waals surface area contributed by atoms with Gasteiger partial charge in [-0.15, -0.1) is 0 Å². The normalized spacial score (nSPS) is 14.1. The Balaban J connectivity index is 1.28. The van der Waals surface area contributed by atoms with E-state index in [1.54, 1.807) is 30.3 Å². The largest absolute Gasteiger partial charge is 0.456 e. The molecule has 35 heavy (non-hydrogen) atoms. The lowest BCUT2D eigenvalue weighted by molar-refractivity contribution is -0.384. The Bertz CT molecular complexity index is 1230. The highest BCUT2D eigenvalue weighted by Gasteiger charge is 2.17. The molecular formula is C25H24N4O5S. The molecule has 0 atom stereocenters. The lowest BCUT2D eigenvalue weighted by Crippen LogP contribution is -2.35. The number of nitro groups is 1. The second kappa shape index (κ2) is 11.5. The number of benzene rings is 2. The molecule has 1 amide bonds. The topological polar surface area (TPSA) is 110 Å². The van der Waals surface area contributed by atoms with Gasteiger partial charge in [-0.3, -0.25) is 25.1 Å². The van der Waals surface area contributed by atoms with Crippen molar-refractivity contribution in [1.82, 2.24) is 10.2 Å². The predicted octanol–water partition coefficient (Wildman–Crippen LogP) is 4.21. The molecule has 0 unspecified atom stereocenters. The van der Waals surface area contributed by atoms with Crippen molar-refractivity contribution < 1.29 is 18.9 Å². The minimum atomic E-state index is -0.466. The SMILES string of the molecule is O=C(/C=C/c1ccc(-c2ccccc2[N+](=O)[O-])o1)NC(=S)Nc1ccc(CN2CCOCC2)cc1. The molecule has 0 bridgehead atoms. The molecule has 1 aliphatic rings. The van der Waals surface area contributed by atoms with Crippen molar-refractivity contribution in [3.8, 4) is 11.3 Å². The third-order valence-electron chi connectivity index (χ3n) is 5.35. The molecule has 1 aromatic heterocycles. The maximum absolute atomic E-state index is 12.2. The molecule has 2 aromatic carbocycles. The first-order chi connectivity index (χ1) is 17.0. The number of para-hydroxylation sites is 1. The number of rotatable bonds is 7. The zero-order valence-corrected chi connectivity index (χ0v) is 19.6. The molecule has 1 aliphatic heterocycles. The maximum Gasteiger partial charge on any atom is 0.280 e. The van der Waals surface area contributed by atoms with Crippen molar-refractivity contribution in [2.75, 3.05) is 31.6 Å². The lowest BCUT2D eigenvalue weighted by atomic mass is 10.1. The Labute approximate surface area is 207 Å². The third-order valence-corrected chi connectivity index (χ3v) is 5.55. The van der Waals surface area contributed by atoms with Gasteiger partial charge in [-0.25, -0.2) is 0 Å². The van der Waals surface area contributed by atoms with E-state index in [1.807, 2.05) is 24.3 Å². The van der Waals surface area contributed by atoms with Crippen LogP contribution in [0.5, 0.6) is 0 Å². The smallest absolute Gasteiger partial charge is 0.280 e. The summed E-state index contributed by atoms with van der Waals surface area (Å²) in [6, 6.07) is 17.4. The number of thiocarbonyl (C=S) groups is 1. The highest BCUT2D eigenvalue weighted by molar-refractivity contribution is 7.80. The van der Waals surface area contributed by atoms with Crippen LogP contribution in [-0.4, -0.2) is 47.1 Å². The summed E-state index contributed by atoms with van der Waals surface area (Å²) < 4.78 is 11.0. The molecule has 4 rings (SSSR count). The van der Waals surface area contributed by atoms with Crippen LogP contribution < -0.4 is 10.6 Å². The van der Waals surface area contributed by atoms with E-state index in [0.717, 1.165) is 38.5 Å². The standard InChI is InChI=1S/C25H24N4O5S/c30-24(12-10-20-9-11-23(34-20)21-3-1-2-4-22(21)29(31)32)27-25(35)26-19-7-5-18(6-8-19)17-28-13-15-33-16-14-28/h1-12H,13-17H2,(H2,26,27,30,35)/b12-10+. The number of hydrogen-bond acceptors (Lipinski definition) is 7. The number of anilines is 1. The van der Waals surface area contributed by atoms with Gasteiger partial charge in [0, 0.05) is 37.5 Å². The monoisotopic (exact) mass is 492 g/mol. The zero-order chi connectivity index (χ0) is 24.6. The lowest BCUT2D eigenvalue weighted by Gasteiger charge is -2.26. The van der Waals surface area contributed by atoms with Crippen molar-refractivity contribution in [1.29, 1.82) is 0 Å². The van der Waals surface area contributed by atoms with E-state index in [4.69, 9.17) is 21.4 Å². The van der Waals surface area contributed by atoms with E-state index in [1.165, 1.54) is 23.8 Å². The van der Waals surface area contributed by atoms with Crippen LogP contribution in [0, 0.1) is 10.1 Å². The molecule has 180 valence electrons. The van der Waals surface area contributed by atoms with Crippen LogP contribution in [0.25, 0.3) is 17.4 Å². The van der Waals surface area contributed by atoms with E-state index < -0.39 is 10.8 Å². The molecule has 9 nitrogen and oxygen atoms in total. The fourth-order valence-corrected chi connectivity index (χ4v) is 3.83. The van der Waals surface area contributed by atoms with E-state index >= 15 is 0 Å². The minimum Gasteiger partial charge on any atom is -0.456 e. The summed E-state index contributed by atoms with van der Waals surface area (Å²) in [7, 11) is 0. The van der Waals surface area contributed by atoms with Gasteiger partial charge in [0.05, 0.1) is 23.7 Å². The number of nitro benzene ring substituents is 1. The number of nitrogens with one attached hydrogen (secondary N) is 2. The van der Waals surface area contributed by atoms with Crippen LogP contribution in [0.3, 0.4) is 0 Å². The second-order valence-corrected chi connectivity index (χ2v) is 8.25. The molecular weight excluding hydrogens is 468 g/mol. The van der Waals surface area contributed by atoms with Gasteiger partial charge in [-0.05, 0) is 54.2 Å². The van der Waals surface area contributed by atoms with Crippen LogP contribution in [0.4, 0.5) is 11.4 Å². The van der Waals surface area contributed by atoms with Gasteiger partial charge in [-0.2, -0.15) is 0 Å². The van der Waals surface area contributed by atoms with Gasteiger partial charge < -0.3 is 14.5 Å². The fraction of sp³-hybridized carbons (Fsp3) is 0.200. The van der Waals surface area contributed by atoms with Crippen molar-refractivity contribution in [3.05, 3.63) is 88.2 Å². The van der Waals surface area contributed by atoms with Gasteiger partial charge >= 0.3 is 0 Å². The summed E-state index contributed by atoms with van der Waals surface area (Å²) in [6.45, 7) is 4.24. The number of ether oxygens (including phenoxy) is 1. The minimum absolute atomic E-state index is 0.0549. The molecule has 0 saturated carbocycles. The summed E-state index contributed by atoms with van der Waals surface area (Å²) in [4.78, 5) is 25.3. The van der Waals surface area contributed by atoms with Gasteiger partial charge in [0.2, 0.25) is 5.91 Å². The molecule has 2 heterocycles. The number of furan rings is 1. The van der Waals surface area contributed by atoms with Gasteiger partial charge in [0.1, 0.15) is 11.5 Å². The molecule has 3 aromatic rings. The predicted molar refractivity (Wildman–Crippen MR) is 137 cm³/mol. The van der Waals surface area contributed by atoms with Crippen molar-refractivity contribution >= 4 is 40.7 Å². The molecule has 1 fully saturated rings. The van der Waals surface area contributed by atoms with Gasteiger partial charge in [-0.1, -0.05) is 24.3 Å². The Hall–Kier alpha value is -3.86. The van der Waals surface area contributed by atoms with Crippen LogP contribution in [0.2, 0.25) is 0 Å². The Morgan fingerprint density at radius 2 is 1.83 bits per heavy atom. The first kappa shape index (κ1) is 24.3. The molecule has 2 N–H and O–H groups in total. The molecule has 10 heteroatoms. The summed E-state index contributed by atoms with van der Waals surface area (Å²) in [5.41, 5.74) is 2.27. The summed E-state index contributed by atoms with van der Waals surface area (Å²) in [5.74, 6) is 0.282. The number of amides is 1. The molecule has 0 radical (unpaired) electrons. The molecule has 0 spiro atoms. The summed E-state index contributed by atoms with van der Waals surface area (Å²) in [6.07, 6.45) is 2.75. The molecule has 1 saturated heterocycles. The average molecular weight is 493 g/mol. The van der Waals surface area contributed by atoms with Crippen LogP contribution in [-0.2, 0) is 16.1 Å². The Morgan fingerprint density at radius 3 is 2.57 bits per heavy atom. The number of nitrogens with zero attached hydrogens (tertiary/aromatic N) is 2. The highest BCUT2D eigenvalue weighted by atomic mass is 32.1. The number of carbonyl (C=O) groups excluding carboxylic acids is 1. The van der Waals surface area contributed by atoms with Crippen LogP contribution >= 0.6 is 12.2 Å². The Morgan fingerprint density at radius 1 is 1.09 bits per heavy atom. The van der Waals surface area contributed by atoms with E-state index in [0.29, 0.717) is 17.1 Å². The molecule has 0 aliphatic carbocycles. The zero-order valence-electron chi connectivity index (χ0n) is 18.8. The first-order valence-electron chi connectivity index (χ1n) is 11.0. The average Bonchev–Trinajstić information content (AvgIpc) is 3.33. The summed E-state index contributed by atoms with van der Waals surface area (Å²) >= 11 is 5.23. The van der Waals surface area contributed by atoms with Gasteiger partial charge in [0.15, 0.2) is 5.11 Å².